The summed E-state index contributed by atoms with van der Waals surface area (Å²) in [5.41, 5.74) is 1.32. The van der Waals surface area contributed by atoms with Crippen molar-refractivity contribution in [3.05, 3.63) is 95.2 Å². The van der Waals surface area contributed by atoms with E-state index in [0.717, 1.165) is 24.2 Å². The van der Waals surface area contributed by atoms with Gasteiger partial charge in [0.1, 0.15) is 23.9 Å². The van der Waals surface area contributed by atoms with Gasteiger partial charge < -0.3 is 19.0 Å². The SMILES string of the molecule is Cc1ccc(CN(Cc2ccccc2)C(=O)CN(CC2CCCO2)C(=O)c2ccc(F)cc2)o1. The minimum absolute atomic E-state index is 0.109. The van der Waals surface area contributed by atoms with Crippen LogP contribution >= 0.6 is 0 Å². The fourth-order valence-electron chi connectivity index (χ4n) is 4.09. The highest BCUT2D eigenvalue weighted by Gasteiger charge is 2.27. The molecule has 0 saturated carbocycles. The molecule has 2 heterocycles. The van der Waals surface area contributed by atoms with Crippen LogP contribution in [0.25, 0.3) is 0 Å². The first-order valence-electron chi connectivity index (χ1n) is 11.5. The molecular formula is C27H29FN2O4. The van der Waals surface area contributed by atoms with Gasteiger partial charge in [-0.05, 0) is 61.7 Å². The van der Waals surface area contributed by atoms with Crippen molar-refractivity contribution in [3.63, 3.8) is 0 Å². The van der Waals surface area contributed by atoms with Gasteiger partial charge in [0.05, 0.1) is 12.6 Å². The second-order valence-corrected chi connectivity index (χ2v) is 8.58. The van der Waals surface area contributed by atoms with Crippen LogP contribution in [0, 0.1) is 12.7 Å². The van der Waals surface area contributed by atoms with Crippen LogP contribution in [0.2, 0.25) is 0 Å². The second-order valence-electron chi connectivity index (χ2n) is 8.58. The van der Waals surface area contributed by atoms with Crippen LogP contribution < -0.4 is 0 Å². The van der Waals surface area contributed by atoms with E-state index in [0.29, 0.717) is 37.6 Å². The third-order valence-corrected chi connectivity index (χ3v) is 5.86. The highest BCUT2D eigenvalue weighted by atomic mass is 19.1. The van der Waals surface area contributed by atoms with Gasteiger partial charge in [-0.2, -0.15) is 0 Å². The highest BCUT2D eigenvalue weighted by molar-refractivity contribution is 5.96. The molecule has 1 aromatic heterocycles. The quantitative estimate of drug-likeness (QED) is 0.465. The van der Waals surface area contributed by atoms with Crippen LogP contribution in [0.4, 0.5) is 4.39 Å². The molecule has 0 radical (unpaired) electrons. The molecule has 0 aliphatic carbocycles. The number of carbonyl (C=O) groups excluding carboxylic acids is 2. The van der Waals surface area contributed by atoms with Crippen molar-refractivity contribution in [3.8, 4) is 0 Å². The van der Waals surface area contributed by atoms with E-state index < -0.39 is 5.82 Å². The summed E-state index contributed by atoms with van der Waals surface area (Å²) >= 11 is 0. The lowest BCUT2D eigenvalue weighted by Gasteiger charge is -2.29. The summed E-state index contributed by atoms with van der Waals surface area (Å²) in [6.07, 6.45) is 1.64. The van der Waals surface area contributed by atoms with Crippen molar-refractivity contribution in [2.24, 2.45) is 0 Å². The van der Waals surface area contributed by atoms with Crippen molar-refractivity contribution >= 4 is 11.8 Å². The summed E-state index contributed by atoms with van der Waals surface area (Å²) in [6.45, 7) is 3.38. The predicted molar refractivity (Wildman–Crippen MR) is 125 cm³/mol. The fourth-order valence-corrected chi connectivity index (χ4v) is 4.09. The van der Waals surface area contributed by atoms with E-state index in [4.69, 9.17) is 9.15 Å². The minimum atomic E-state index is -0.416. The van der Waals surface area contributed by atoms with Crippen molar-refractivity contribution in [1.29, 1.82) is 0 Å². The standard InChI is InChI=1S/C27H29FN2O4/c1-20-9-14-25(34-20)18-29(16-21-6-3-2-4-7-21)26(31)19-30(17-24-8-5-15-33-24)27(32)22-10-12-23(28)13-11-22/h2-4,6-7,9-14,24H,5,8,15-19H2,1H3. The molecule has 0 bridgehead atoms. The van der Waals surface area contributed by atoms with Gasteiger partial charge in [-0.25, -0.2) is 4.39 Å². The average molecular weight is 465 g/mol. The van der Waals surface area contributed by atoms with Crippen molar-refractivity contribution in [1.82, 2.24) is 9.80 Å². The summed E-state index contributed by atoms with van der Waals surface area (Å²) in [4.78, 5) is 30.0. The Labute approximate surface area is 198 Å². The first-order chi connectivity index (χ1) is 16.5. The van der Waals surface area contributed by atoms with Gasteiger partial charge in [0, 0.05) is 25.3 Å². The Hall–Kier alpha value is -3.45. The molecule has 1 saturated heterocycles. The molecule has 7 heteroatoms. The maximum absolute atomic E-state index is 13.5. The monoisotopic (exact) mass is 464 g/mol. The van der Waals surface area contributed by atoms with E-state index in [1.54, 1.807) is 4.90 Å². The lowest BCUT2D eigenvalue weighted by molar-refractivity contribution is -0.133. The number of hydrogen-bond donors (Lipinski definition) is 0. The van der Waals surface area contributed by atoms with Gasteiger partial charge in [-0.15, -0.1) is 0 Å². The molecular weight excluding hydrogens is 435 g/mol. The van der Waals surface area contributed by atoms with Crippen LogP contribution in [0.3, 0.4) is 0 Å². The van der Waals surface area contributed by atoms with E-state index in [2.05, 4.69) is 0 Å². The topological polar surface area (TPSA) is 63.0 Å². The number of nitrogens with zero attached hydrogens (tertiary/aromatic N) is 2. The van der Waals surface area contributed by atoms with E-state index >= 15 is 0 Å². The highest BCUT2D eigenvalue weighted by Crippen LogP contribution is 2.18. The van der Waals surface area contributed by atoms with E-state index in [1.165, 1.54) is 29.2 Å². The molecule has 1 unspecified atom stereocenters. The molecule has 2 amide bonds. The smallest absolute Gasteiger partial charge is 0.254 e. The molecule has 1 aliphatic heterocycles. The van der Waals surface area contributed by atoms with Crippen LogP contribution in [0.15, 0.2) is 71.1 Å². The number of ether oxygens (including phenoxy) is 1. The molecule has 0 spiro atoms. The van der Waals surface area contributed by atoms with Crippen LogP contribution in [-0.4, -0.2) is 47.4 Å². The normalized spacial score (nSPS) is 15.3. The summed E-state index contributed by atoms with van der Waals surface area (Å²) in [5.74, 6) is 0.510. The summed E-state index contributed by atoms with van der Waals surface area (Å²) in [7, 11) is 0. The first kappa shape index (κ1) is 23.7. The lowest BCUT2D eigenvalue weighted by atomic mass is 10.1. The third-order valence-electron chi connectivity index (χ3n) is 5.86. The van der Waals surface area contributed by atoms with Gasteiger partial charge in [0.15, 0.2) is 0 Å². The van der Waals surface area contributed by atoms with Gasteiger partial charge in [0.25, 0.3) is 5.91 Å². The van der Waals surface area contributed by atoms with Crippen molar-refractivity contribution < 1.29 is 23.1 Å². The number of aryl methyl sites for hydroxylation is 1. The molecule has 1 atom stereocenters. The van der Waals surface area contributed by atoms with Crippen LogP contribution in [0.5, 0.6) is 0 Å². The summed E-state index contributed by atoms with van der Waals surface area (Å²) < 4.78 is 24.8. The van der Waals surface area contributed by atoms with Crippen molar-refractivity contribution in [2.75, 3.05) is 19.7 Å². The number of benzene rings is 2. The third kappa shape index (κ3) is 6.32. The van der Waals surface area contributed by atoms with E-state index in [-0.39, 0.29) is 24.5 Å². The largest absolute Gasteiger partial charge is 0.464 e. The Kier molecular flexibility index (Phi) is 7.75. The lowest BCUT2D eigenvalue weighted by Crippen LogP contribution is -2.45. The van der Waals surface area contributed by atoms with Gasteiger partial charge in [-0.1, -0.05) is 30.3 Å². The molecule has 6 nitrogen and oxygen atoms in total. The molecule has 4 rings (SSSR count). The van der Waals surface area contributed by atoms with Gasteiger partial charge >= 0.3 is 0 Å². The maximum atomic E-state index is 13.5. The maximum Gasteiger partial charge on any atom is 0.254 e. The first-order valence-corrected chi connectivity index (χ1v) is 11.5. The van der Waals surface area contributed by atoms with E-state index in [9.17, 15) is 14.0 Å². The zero-order valence-corrected chi connectivity index (χ0v) is 19.3. The number of furan rings is 1. The Morgan fingerprint density at radius 2 is 1.74 bits per heavy atom. The molecule has 1 fully saturated rings. The zero-order valence-electron chi connectivity index (χ0n) is 19.3. The molecule has 34 heavy (non-hydrogen) atoms. The number of hydrogen-bond acceptors (Lipinski definition) is 4. The summed E-state index contributed by atoms with van der Waals surface area (Å²) in [6, 6.07) is 18.8. The second kappa shape index (κ2) is 11.1. The number of amides is 2. The Morgan fingerprint density at radius 3 is 2.38 bits per heavy atom. The minimum Gasteiger partial charge on any atom is -0.464 e. The van der Waals surface area contributed by atoms with Crippen LogP contribution in [0.1, 0.15) is 40.3 Å². The molecule has 0 N–H and O–H groups in total. The Balaban J connectivity index is 1.54. The Morgan fingerprint density at radius 1 is 0.971 bits per heavy atom. The number of rotatable bonds is 9. The zero-order chi connectivity index (χ0) is 23.9. The van der Waals surface area contributed by atoms with Gasteiger partial charge in [0.2, 0.25) is 5.91 Å². The van der Waals surface area contributed by atoms with Crippen molar-refractivity contribution in [2.45, 2.75) is 39.0 Å². The van der Waals surface area contributed by atoms with Crippen LogP contribution in [-0.2, 0) is 22.6 Å². The summed E-state index contributed by atoms with van der Waals surface area (Å²) in [5, 5.41) is 0. The number of carbonyl (C=O) groups is 2. The van der Waals surface area contributed by atoms with Gasteiger partial charge in [-0.3, -0.25) is 9.59 Å². The fraction of sp³-hybridized carbons (Fsp3) is 0.333. The predicted octanol–water partition coefficient (Wildman–Crippen LogP) is 4.58. The van der Waals surface area contributed by atoms with E-state index in [1.807, 2.05) is 49.4 Å². The average Bonchev–Trinajstić information content (AvgIpc) is 3.50. The molecule has 3 aromatic rings. The molecule has 2 aromatic carbocycles. The number of halogens is 1. The molecule has 1 aliphatic rings. The Bertz CT molecular complexity index is 1090. The molecule has 178 valence electrons.